The maximum absolute atomic E-state index is 10.7. The normalized spacial score (nSPS) is 12.2. The van der Waals surface area contributed by atoms with E-state index < -0.39 is 0 Å². The highest BCUT2D eigenvalue weighted by atomic mass is 16.6. The van der Waals surface area contributed by atoms with Crippen molar-refractivity contribution in [2.45, 2.75) is 20.0 Å². The van der Waals surface area contributed by atoms with Gasteiger partial charge in [0, 0.05) is 12.6 Å². The van der Waals surface area contributed by atoms with Crippen LogP contribution in [0.1, 0.15) is 25.5 Å². The number of hydrogen-bond donors (Lipinski definition) is 2. The standard InChI is InChI=1S/C10H14N2O2/c1-7(14-11)9-3-5-10(6-4-9)12-8(2)13/h3-7H,11H2,1-2H3,(H,12,13). The monoisotopic (exact) mass is 194 g/mol. The zero-order valence-electron chi connectivity index (χ0n) is 8.28. The maximum Gasteiger partial charge on any atom is 0.221 e. The van der Waals surface area contributed by atoms with Gasteiger partial charge < -0.3 is 5.32 Å². The molecule has 76 valence electrons. The summed E-state index contributed by atoms with van der Waals surface area (Å²) >= 11 is 0. The Balaban J connectivity index is 2.73. The fourth-order valence-electron chi connectivity index (χ4n) is 1.12. The molecule has 1 amide bonds. The lowest BCUT2D eigenvalue weighted by atomic mass is 10.1. The Morgan fingerprint density at radius 3 is 2.43 bits per heavy atom. The number of carbonyl (C=O) groups is 1. The van der Waals surface area contributed by atoms with Crippen LogP contribution in [0.4, 0.5) is 5.69 Å². The van der Waals surface area contributed by atoms with E-state index in [9.17, 15) is 4.79 Å². The van der Waals surface area contributed by atoms with Crippen LogP contribution in [-0.4, -0.2) is 5.91 Å². The van der Waals surface area contributed by atoms with Gasteiger partial charge >= 0.3 is 0 Å². The quantitative estimate of drug-likeness (QED) is 0.718. The Bertz CT molecular complexity index is 308. The van der Waals surface area contributed by atoms with Crippen LogP contribution in [0.25, 0.3) is 0 Å². The Morgan fingerprint density at radius 1 is 1.43 bits per heavy atom. The first-order chi connectivity index (χ1) is 6.63. The first kappa shape index (κ1) is 10.7. The van der Waals surface area contributed by atoms with Crippen molar-refractivity contribution in [2.75, 3.05) is 5.32 Å². The van der Waals surface area contributed by atoms with Crippen LogP contribution in [0.15, 0.2) is 24.3 Å². The van der Waals surface area contributed by atoms with Gasteiger partial charge in [0.15, 0.2) is 0 Å². The van der Waals surface area contributed by atoms with E-state index in [2.05, 4.69) is 10.2 Å². The summed E-state index contributed by atoms with van der Waals surface area (Å²) in [5, 5.41) is 2.68. The average Bonchev–Trinajstić information content (AvgIpc) is 2.17. The Labute approximate surface area is 83.0 Å². The van der Waals surface area contributed by atoms with E-state index in [1.54, 1.807) is 0 Å². The number of nitrogens with one attached hydrogen (secondary N) is 1. The van der Waals surface area contributed by atoms with Crippen molar-refractivity contribution in [1.82, 2.24) is 0 Å². The van der Waals surface area contributed by atoms with Gasteiger partial charge in [-0.1, -0.05) is 12.1 Å². The molecule has 0 aliphatic carbocycles. The van der Waals surface area contributed by atoms with E-state index in [0.29, 0.717) is 0 Å². The van der Waals surface area contributed by atoms with Gasteiger partial charge in [0.2, 0.25) is 5.91 Å². The number of nitrogens with two attached hydrogens (primary N) is 1. The van der Waals surface area contributed by atoms with E-state index in [-0.39, 0.29) is 12.0 Å². The van der Waals surface area contributed by atoms with Gasteiger partial charge in [-0.2, -0.15) is 0 Å². The van der Waals surface area contributed by atoms with Gasteiger partial charge in [0.1, 0.15) is 6.10 Å². The summed E-state index contributed by atoms with van der Waals surface area (Å²) in [6, 6.07) is 7.35. The summed E-state index contributed by atoms with van der Waals surface area (Å²) < 4.78 is 0. The zero-order chi connectivity index (χ0) is 10.6. The molecule has 0 spiro atoms. The highest BCUT2D eigenvalue weighted by Crippen LogP contribution is 2.17. The molecule has 3 N–H and O–H groups in total. The first-order valence-electron chi connectivity index (χ1n) is 4.36. The molecule has 0 saturated carbocycles. The zero-order valence-corrected chi connectivity index (χ0v) is 8.28. The smallest absolute Gasteiger partial charge is 0.221 e. The van der Waals surface area contributed by atoms with Gasteiger partial charge in [0.25, 0.3) is 0 Å². The summed E-state index contributed by atoms with van der Waals surface area (Å²) in [7, 11) is 0. The molecule has 1 unspecified atom stereocenters. The molecule has 0 bridgehead atoms. The van der Waals surface area contributed by atoms with E-state index in [0.717, 1.165) is 11.3 Å². The third kappa shape index (κ3) is 2.83. The minimum atomic E-state index is -0.138. The van der Waals surface area contributed by atoms with Crippen LogP contribution < -0.4 is 11.2 Å². The molecule has 1 rings (SSSR count). The summed E-state index contributed by atoms with van der Waals surface area (Å²) in [5.41, 5.74) is 1.74. The van der Waals surface area contributed by atoms with Crippen LogP contribution in [-0.2, 0) is 9.63 Å². The van der Waals surface area contributed by atoms with Crippen molar-refractivity contribution in [3.8, 4) is 0 Å². The molecule has 1 atom stereocenters. The number of carbonyl (C=O) groups excluding carboxylic acids is 1. The second-order valence-corrected chi connectivity index (χ2v) is 3.08. The van der Waals surface area contributed by atoms with Crippen LogP contribution in [0.5, 0.6) is 0 Å². The lowest BCUT2D eigenvalue weighted by molar-refractivity contribution is -0.114. The molecule has 0 saturated heterocycles. The number of amides is 1. The van der Waals surface area contributed by atoms with Crippen molar-refractivity contribution < 1.29 is 9.63 Å². The van der Waals surface area contributed by atoms with Gasteiger partial charge in [0.05, 0.1) is 0 Å². The van der Waals surface area contributed by atoms with Crippen LogP contribution in [0.2, 0.25) is 0 Å². The molecule has 1 aromatic carbocycles. The molecule has 0 heterocycles. The summed E-state index contributed by atoms with van der Waals surface area (Å²) in [6.45, 7) is 3.33. The number of hydrogen-bond acceptors (Lipinski definition) is 3. The van der Waals surface area contributed by atoms with Crippen LogP contribution in [0, 0.1) is 0 Å². The van der Waals surface area contributed by atoms with E-state index >= 15 is 0 Å². The number of rotatable bonds is 3. The number of benzene rings is 1. The minimum Gasteiger partial charge on any atom is -0.326 e. The predicted octanol–water partition coefficient (Wildman–Crippen LogP) is 1.60. The van der Waals surface area contributed by atoms with Gasteiger partial charge in [-0.3, -0.25) is 9.63 Å². The Kier molecular flexibility index (Phi) is 3.62. The fourth-order valence-corrected chi connectivity index (χ4v) is 1.12. The average molecular weight is 194 g/mol. The first-order valence-corrected chi connectivity index (χ1v) is 4.36. The predicted molar refractivity (Wildman–Crippen MR) is 54.4 cm³/mol. The van der Waals surface area contributed by atoms with Crippen LogP contribution in [0.3, 0.4) is 0 Å². The highest BCUT2D eigenvalue weighted by molar-refractivity contribution is 5.88. The van der Waals surface area contributed by atoms with Crippen molar-refractivity contribution in [3.63, 3.8) is 0 Å². The Hall–Kier alpha value is -1.39. The fraction of sp³-hybridized carbons (Fsp3) is 0.300. The molecular formula is C10H14N2O2. The molecule has 0 radical (unpaired) electrons. The summed E-state index contributed by atoms with van der Waals surface area (Å²) in [6.07, 6.45) is -0.138. The SMILES string of the molecule is CC(=O)Nc1ccc(C(C)ON)cc1. The molecule has 4 nitrogen and oxygen atoms in total. The van der Waals surface area contributed by atoms with E-state index in [4.69, 9.17) is 5.90 Å². The molecule has 1 aromatic rings. The van der Waals surface area contributed by atoms with Gasteiger partial charge in [-0.25, -0.2) is 5.90 Å². The van der Waals surface area contributed by atoms with Crippen molar-refractivity contribution in [3.05, 3.63) is 29.8 Å². The third-order valence-corrected chi connectivity index (χ3v) is 1.90. The van der Waals surface area contributed by atoms with Crippen molar-refractivity contribution in [2.24, 2.45) is 5.90 Å². The van der Waals surface area contributed by atoms with E-state index in [1.165, 1.54) is 6.92 Å². The van der Waals surface area contributed by atoms with Gasteiger partial charge in [-0.05, 0) is 24.6 Å². The molecule has 0 fully saturated rings. The summed E-state index contributed by atoms with van der Waals surface area (Å²) in [5.74, 6) is 4.97. The molecule has 14 heavy (non-hydrogen) atoms. The van der Waals surface area contributed by atoms with Crippen molar-refractivity contribution in [1.29, 1.82) is 0 Å². The molecule has 0 aliphatic rings. The number of anilines is 1. The third-order valence-electron chi connectivity index (χ3n) is 1.90. The molecule has 4 heteroatoms. The molecular weight excluding hydrogens is 180 g/mol. The maximum atomic E-state index is 10.7. The highest BCUT2D eigenvalue weighted by Gasteiger charge is 2.03. The topological polar surface area (TPSA) is 64.3 Å². The lowest BCUT2D eigenvalue weighted by Crippen LogP contribution is -2.07. The Morgan fingerprint density at radius 2 is 2.00 bits per heavy atom. The second kappa shape index (κ2) is 4.74. The largest absolute Gasteiger partial charge is 0.326 e. The molecule has 0 aromatic heterocycles. The van der Waals surface area contributed by atoms with Crippen LogP contribution >= 0.6 is 0 Å². The van der Waals surface area contributed by atoms with E-state index in [1.807, 2.05) is 31.2 Å². The van der Waals surface area contributed by atoms with Crippen molar-refractivity contribution >= 4 is 11.6 Å². The summed E-state index contributed by atoms with van der Waals surface area (Å²) in [4.78, 5) is 15.4. The lowest BCUT2D eigenvalue weighted by Gasteiger charge is -2.09. The molecule has 0 aliphatic heterocycles. The van der Waals surface area contributed by atoms with Gasteiger partial charge in [-0.15, -0.1) is 0 Å². The minimum absolute atomic E-state index is 0.0825. The second-order valence-electron chi connectivity index (χ2n) is 3.08.